The highest BCUT2D eigenvalue weighted by atomic mass is 16.1. The van der Waals surface area contributed by atoms with Crippen LogP contribution in [0.15, 0.2) is 24.5 Å². The molecule has 82 valence electrons. The van der Waals surface area contributed by atoms with Crippen molar-refractivity contribution in [2.45, 2.75) is 26.3 Å². The Labute approximate surface area is 90.1 Å². The van der Waals surface area contributed by atoms with Gasteiger partial charge in [-0.25, -0.2) is 0 Å². The Morgan fingerprint density at radius 1 is 1.40 bits per heavy atom. The maximum Gasteiger partial charge on any atom is 0.221 e. The van der Waals surface area contributed by atoms with Crippen LogP contribution >= 0.6 is 0 Å². The molecule has 4 heteroatoms. The van der Waals surface area contributed by atoms with E-state index in [1.807, 2.05) is 26.0 Å². The van der Waals surface area contributed by atoms with Crippen molar-refractivity contribution < 1.29 is 4.79 Å². The predicted octanol–water partition coefficient (Wildman–Crippen LogP) is 1.41. The minimum absolute atomic E-state index is 0.0755. The molecule has 0 aliphatic heterocycles. The molecule has 1 aromatic heterocycles. The summed E-state index contributed by atoms with van der Waals surface area (Å²) in [6, 6.07) is 3.96. The lowest BCUT2D eigenvalue weighted by Gasteiger charge is -2.09. The molecular weight excluding hydrogens is 190 g/mol. The molecule has 1 amide bonds. The van der Waals surface area contributed by atoms with Gasteiger partial charge in [-0.05, 0) is 26.0 Å². The van der Waals surface area contributed by atoms with E-state index in [-0.39, 0.29) is 11.9 Å². The van der Waals surface area contributed by atoms with Crippen LogP contribution < -0.4 is 10.6 Å². The molecule has 2 N–H and O–H groups in total. The number of rotatable bonds is 5. The quantitative estimate of drug-likeness (QED) is 0.767. The van der Waals surface area contributed by atoms with Crippen molar-refractivity contribution in [2.24, 2.45) is 0 Å². The van der Waals surface area contributed by atoms with Gasteiger partial charge in [0, 0.05) is 37.1 Å². The summed E-state index contributed by atoms with van der Waals surface area (Å²) in [7, 11) is 0. The average molecular weight is 207 g/mol. The van der Waals surface area contributed by atoms with Crippen molar-refractivity contribution in [2.75, 3.05) is 11.9 Å². The number of pyridine rings is 1. The number of anilines is 1. The molecule has 0 atom stereocenters. The molecule has 0 bridgehead atoms. The van der Waals surface area contributed by atoms with Crippen molar-refractivity contribution in [3.8, 4) is 0 Å². The summed E-state index contributed by atoms with van der Waals surface area (Å²) >= 11 is 0. The van der Waals surface area contributed by atoms with Gasteiger partial charge in [0.2, 0.25) is 5.91 Å². The van der Waals surface area contributed by atoms with Crippen LogP contribution in [0, 0.1) is 0 Å². The summed E-state index contributed by atoms with van der Waals surface area (Å²) in [6.45, 7) is 4.55. The first-order valence-corrected chi connectivity index (χ1v) is 5.12. The van der Waals surface area contributed by atoms with Crippen molar-refractivity contribution in [3.63, 3.8) is 0 Å². The number of hydrogen-bond donors (Lipinski definition) is 2. The fourth-order valence-electron chi connectivity index (χ4n) is 1.18. The van der Waals surface area contributed by atoms with E-state index < -0.39 is 0 Å². The van der Waals surface area contributed by atoms with E-state index in [4.69, 9.17) is 0 Å². The molecule has 1 rings (SSSR count). The van der Waals surface area contributed by atoms with Crippen LogP contribution in [0.4, 0.5) is 5.69 Å². The number of carbonyl (C=O) groups is 1. The SMILES string of the molecule is CC(C)NC(=O)CCNc1ccncc1. The molecule has 0 unspecified atom stereocenters. The average Bonchev–Trinajstić information content (AvgIpc) is 2.18. The number of nitrogens with zero attached hydrogens (tertiary/aromatic N) is 1. The molecule has 0 saturated heterocycles. The summed E-state index contributed by atoms with van der Waals surface area (Å²) in [5.41, 5.74) is 0.988. The third-order valence-electron chi connectivity index (χ3n) is 1.81. The van der Waals surface area contributed by atoms with Crippen LogP contribution in [0.3, 0.4) is 0 Å². The van der Waals surface area contributed by atoms with Gasteiger partial charge >= 0.3 is 0 Å². The van der Waals surface area contributed by atoms with Crippen molar-refractivity contribution in [1.82, 2.24) is 10.3 Å². The van der Waals surface area contributed by atoms with Crippen LogP contribution in [-0.2, 0) is 4.79 Å². The van der Waals surface area contributed by atoms with Crippen molar-refractivity contribution in [1.29, 1.82) is 0 Å². The van der Waals surface area contributed by atoms with Crippen LogP contribution in [0.5, 0.6) is 0 Å². The first kappa shape index (κ1) is 11.5. The zero-order valence-electron chi connectivity index (χ0n) is 9.16. The Balaban J connectivity index is 2.19. The van der Waals surface area contributed by atoms with E-state index in [2.05, 4.69) is 15.6 Å². The molecule has 0 aliphatic rings. The molecule has 0 aromatic carbocycles. The highest BCUT2D eigenvalue weighted by Gasteiger charge is 2.01. The monoisotopic (exact) mass is 207 g/mol. The third kappa shape index (κ3) is 5.00. The molecule has 0 saturated carbocycles. The number of amides is 1. The van der Waals surface area contributed by atoms with Crippen LogP contribution in [-0.4, -0.2) is 23.5 Å². The summed E-state index contributed by atoms with van der Waals surface area (Å²) in [4.78, 5) is 15.2. The van der Waals surface area contributed by atoms with Gasteiger partial charge in [0.05, 0.1) is 0 Å². The van der Waals surface area contributed by atoms with Gasteiger partial charge in [0.15, 0.2) is 0 Å². The molecule has 1 heterocycles. The Morgan fingerprint density at radius 3 is 2.67 bits per heavy atom. The normalized spacial score (nSPS) is 10.1. The maximum atomic E-state index is 11.3. The molecule has 0 radical (unpaired) electrons. The van der Waals surface area contributed by atoms with Gasteiger partial charge < -0.3 is 10.6 Å². The highest BCUT2D eigenvalue weighted by Crippen LogP contribution is 2.02. The first-order valence-electron chi connectivity index (χ1n) is 5.12. The number of aromatic nitrogens is 1. The minimum Gasteiger partial charge on any atom is -0.384 e. The van der Waals surface area contributed by atoms with E-state index >= 15 is 0 Å². The number of nitrogens with one attached hydrogen (secondary N) is 2. The van der Waals surface area contributed by atoms with Gasteiger partial charge in [-0.15, -0.1) is 0 Å². The summed E-state index contributed by atoms with van der Waals surface area (Å²) in [6.07, 6.45) is 3.92. The maximum absolute atomic E-state index is 11.3. The zero-order valence-corrected chi connectivity index (χ0v) is 9.16. The van der Waals surface area contributed by atoms with E-state index in [1.54, 1.807) is 12.4 Å². The zero-order chi connectivity index (χ0) is 11.1. The lowest BCUT2D eigenvalue weighted by atomic mass is 10.3. The Bertz CT molecular complexity index is 298. The molecule has 1 aromatic rings. The first-order chi connectivity index (χ1) is 7.18. The van der Waals surface area contributed by atoms with Gasteiger partial charge in [0.25, 0.3) is 0 Å². The van der Waals surface area contributed by atoms with Crippen LogP contribution in [0.1, 0.15) is 20.3 Å². The Kier molecular flexibility index (Phi) is 4.60. The molecule has 15 heavy (non-hydrogen) atoms. The second-order valence-corrected chi connectivity index (χ2v) is 3.63. The topological polar surface area (TPSA) is 54.0 Å². The molecule has 0 spiro atoms. The molecule has 0 fully saturated rings. The molecule has 4 nitrogen and oxygen atoms in total. The van der Waals surface area contributed by atoms with Gasteiger partial charge in [-0.1, -0.05) is 0 Å². The fraction of sp³-hybridized carbons (Fsp3) is 0.455. The van der Waals surface area contributed by atoms with Crippen LogP contribution in [0.2, 0.25) is 0 Å². The summed E-state index contributed by atoms with van der Waals surface area (Å²) in [5.74, 6) is 0.0755. The summed E-state index contributed by atoms with van der Waals surface area (Å²) < 4.78 is 0. The van der Waals surface area contributed by atoms with E-state index in [1.165, 1.54) is 0 Å². The molecular formula is C11H17N3O. The third-order valence-corrected chi connectivity index (χ3v) is 1.81. The Morgan fingerprint density at radius 2 is 2.07 bits per heavy atom. The van der Waals surface area contributed by atoms with Crippen LogP contribution in [0.25, 0.3) is 0 Å². The number of hydrogen-bond acceptors (Lipinski definition) is 3. The second-order valence-electron chi connectivity index (χ2n) is 3.63. The van der Waals surface area contributed by atoms with Crippen molar-refractivity contribution in [3.05, 3.63) is 24.5 Å². The smallest absolute Gasteiger partial charge is 0.221 e. The lowest BCUT2D eigenvalue weighted by molar-refractivity contribution is -0.121. The Hall–Kier alpha value is -1.58. The van der Waals surface area contributed by atoms with Gasteiger partial charge in [-0.2, -0.15) is 0 Å². The van der Waals surface area contributed by atoms with Gasteiger partial charge in [0.1, 0.15) is 0 Å². The largest absolute Gasteiger partial charge is 0.384 e. The standard InChI is InChI=1S/C11H17N3O/c1-9(2)14-11(15)5-8-13-10-3-6-12-7-4-10/h3-4,6-7,9H,5,8H2,1-2H3,(H,12,13)(H,14,15). The number of carbonyl (C=O) groups excluding carboxylic acids is 1. The second kappa shape index (κ2) is 6.01. The lowest BCUT2D eigenvalue weighted by Crippen LogP contribution is -2.31. The highest BCUT2D eigenvalue weighted by molar-refractivity contribution is 5.76. The predicted molar refractivity (Wildman–Crippen MR) is 60.6 cm³/mol. The minimum atomic E-state index is 0.0755. The van der Waals surface area contributed by atoms with E-state index in [9.17, 15) is 4.79 Å². The summed E-state index contributed by atoms with van der Waals surface area (Å²) in [5, 5.41) is 5.99. The van der Waals surface area contributed by atoms with E-state index in [0.717, 1.165) is 5.69 Å². The van der Waals surface area contributed by atoms with E-state index in [0.29, 0.717) is 13.0 Å². The fourth-order valence-corrected chi connectivity index (χ4v) is 1.18. The molecule has 0 aliphatic carbocycles. The van der Waals surface area contributed by atoms with Gasteiger partial charge in [-0.3, -0.25) is 9.78 Å². The van der Waals surface area contributed by atoms with Crippen molar-refractivity contribution >= 4 is 11.6 Å².